The van der Waals surface area contributed by atoms with E-state index < -0.39 is 0 Å². The molecule has 0 aliphatic carbocycles. The molecule has 172 valence electrons. The average molecular weight is 436 g/mol. The standard InChI is InChI=1S/C27H37N3O2/c1-5-29(20-21-11-7-6-8-12-21)26(32)23-13-9-10-14-24(23)30-17-15-22(16-18-30)28-25(31)19-27(2,3)4/h6-14,22H,5,15-20H2,1-4H3,(H,28,31). The van der Waals surface area contributed by atoms with Crippen molar-refractivity contribution in [2.45, 2.75) is 59.5 Å². The normalized spacial score (nSPS) is 14.8. The zero-order valence-electron chi connectivity index (χ0n) is 19.9. The molecule has 5 nitrogen and oxygen atoms in total. The topological polar surface area (TPSA) is 52.7 Å². The number of benzene rings is 2. The number of piperidine rings is 1. The van der Waals surface area contributed by atoms with Crippen molar-refractivity contribution in [2.75, 3.05) is 24.5 Å². The van der Waals surface area contributed by atoms with E-state index in [4.69, 9.17) is 0 Å². The number of para-hydroxylation sites is 1. The van der Waals surface area contributed by atoms with Crippen molar-refractivity contribution in [1.29, 1.82) is 0 Å². The van der Waals surface area contributed by atoms with Gasteiger partial charge in [0.2, 0.25) is 5.91 Å². The first-order valence-electron chi connectivity index (χ1n) is 11.7. The fourth-order valence-electron chi connectivity index (χ4n) is 4.26. The van der Waals surface area contributed by atoms with Crippen molar-refractivity contribution in [2.24, 2.45) is 5.41 Å². The van der Waals surface area contributed by atoms with Crippen LogP contribution in [-0.4, -0.2) is 42.4 Å². The van der Waals surface area contributed by atoms with Gasteiger partial charge in [-0.15, -0.1) is 0 Å². The smallest absolute Gasteiger partial charge is 0.256 e. The zero-order chi connectivity index (χ0) is 23.1. The zero-order valence-corrected chi connectivity index (χ0v) is 19.9. The lowest BCUT2D eigenvalue weighted by Gasteiger charge is -2.35. The molecular formula is C27H37N3O2. The second-order valence-electron chi connectivity index (χ2n) is 9.89. The summed E-state index contributed by atoms with van der Waals surface area (Å²) in [7, 11) is 0. The molecule has 3 rings (SSSR count). The summed E-state index contributed by atoms with van der Waals surface area (Å²) < 4.78 is 0. The SMILES string of the molecule is CCN(Cc1ccccc1)C(=O)c1ccccc1N1CCC(NC(=O)CC(C)(C)C)CC1. The molecule has 2 amide bonds. The molecule has 2 aromatic carbocycles. The van der Waals surface area contributed by atoms with Crippen LogP contribution in [0.15, 0.2) is 54.6 Å². The number of rotatable bonds is 7. The van der Waals surface area contributed by atoms with Crippen LogP contribution < -0.4 is 10.2 Å². The summed E-state index contributed by atoms with van der Waals surface area (Å²) >= 11 is 0. The molecule has 0 atom stereocenters. The van der Waals surface area contributed by atoms with Crippen LogP contribution in [0.25, 0.3) is 0 Å². The van der Waals surface area contributed by atoms with Gasteiger partial charge in [-0.3, -0.25) is 9.59 Å². The maximum Gasteiger partial charge on any atom is 0.256 e. The Bertz CT molecular complexity index is 897. The Labute approximate surface area is 192 Å². The molecule has 2 aromatic rings. The fourth-order valence-corrected chi connectivity index (χ4v) is 4.26. The highest BCUT2D eigenvalue weighted by molar-refractivity contribution is 5.99. The van der Waals surface area contributed by atoms with Crippen molar-refractivity contribution in [3.63, 3.8) is 0 Å². The highest BCUT2D eigenvalue weighted by Crippen LogP contribution is 2.26. The van der Waals surface area contributed by atoms with Crippen LogP contribution in [0.5, 0.6) is 0 Å². The maximum absolute atomic E-state index is 13.4. The molecule has 1 aliphatic heterocycles. The third kappa shape index (κ3) is 6.59. The van der Waals surface area contributed by atoms with Crippen molar-refractivity contribution < 1.29 is 9.59 Å². The largest absolute Gasteiger partial charge is 0.371 e. The van der Waals surface area contributed by atoms with Gasteiger partial charge in [-0.1, -0.05) is 63.2 Å². The van der Waals surface area contributed by atoms with Gasteiger partial charge in [0.1, 0.15) is 0 Å². The predicted octanol–water partition coefficient (Wildman–Crippen LogP) is 4.87. The van der Waals surface area contributed by atoms with Crippen molar-refractivity contribution >= 4 is 17.5 Å². The second kappa shape index (κ2) is 10.7. The lowest BCUT2D eigenvalue weighted by Crippen LogP contribution is -2.45. The van der Waals surface area contributed by atoms with E-state index in [1.165, 1.54) is 0 Å². The molecule has 1 fully saturated rings. The third-order valence-corrected chi connectivity index (χ3v) is 5.91. The number of hydrogen-bond acceptors (Lipinski definition) is 3. The Morgan fingerprint density at radius 1 is 1.00 bits per heavy atom. The van der Waals surface area contributed by atoms with Crippen LogP contribution in [0.4, 0.5) is 5.69 Å². The van der Waals surface area contributed by atoms with Crippen LogP contribution in [0.3, 0.4) is 0 Å². The molecule has 0 unspecified atom stereocenters. The van der Waals surface area contributed by atoms with E-state index >= 15 is 0 Å². The van der Waals surface area contributed by atoms with Gasteiger partial charge >= 0.3 is 0 Å². The summed E-state index contributed by atoms with van der Waals surface area (Å²) in [5.74, 6) is 0.193. The van der Waals surface area contributed by atoms with Gasteiger partial charge in [-0.2, -0.15) is 0 Å². The number of nitrogens with one attached hydrogen (secondary N) is 1. The fraction of sp³-hybridized carbons (Fsp3) is 0.481. The quantitative estimate of drug-likeness (QED) is 0.675. The van der Waals surface area contributed by atoms with Crippen molar-refractivity contribution in [1.82, 2.24) is 10.2 Å². The Balaban J connectivity index is 1.65. The highest BCUT2D eigenvalue weighted by Gasteiger charge is 2.26. The molecule has 0 bridgehead atoms. The summed E-state index contributed by atoms with van der Waals surface area (Å²) in [6.07, 6.45) is 2.32. The minimum Gasteiger partial charge on any atom is -0.371 e. The van der Waals surface area contributed by atoms with Crippen LogP contribution >= 0.6 is 0 Å². The Kier molecular flexibility index (Phi) is 7.94. The molecule has 1 saturated heterocycles. The molecule has 5 heteroatoms. The van der Waals surface area contributed by atoms with Gasteiger partial charge in [0.25, 0.3) is 5.91 Å². The first kappa shape index (κ1) is 23.8. The number of hydrogen-bond donors (Lipinski definition) is 1. The van der Waals surface area contributed by atoms with E-state index in [1.54, 1.807) is 0 Å². The molecule has 1 heterocycles. The van der Waals surface area contributed by atoms with Crippen molar-refractivity contribution in [3.8, 4) is 0 Å². The number of amides is 2. The van der Waals surface area contributed by atoms with E-state index in [1.807, 2.05) is 54.3 Å². The van der Waals surface area contributed by atoms with Gasteiger partial charge in [0, 0.05) is 44.3 Å². The van der Waals surface area contributed by atoms with E-state index in [2.05, 4.69) is 43.1 Å². The predicted molar refractivity (Wildman–Crippen MR) is 131 cm³/mol. The molecule has 0 spiro atoms. The summed E-state index contributed by atoms with van der Waals surface area (Å²) in [5.41, 5.74) is 2.87. The first-order chi connectivity index (χ1) is 15.3. The second-order valence-corrected chi connectivity index (χ2v) is 9.89. The lowest BCUT2D eigenvalue weighted by molar-refractivity contribution is -0.123. The lowest BCUT2D eigenvalue weighted by atomic mass is 9.91. The molecule has 0 radical (unpaired) electrons. The summed E-state index contributed by atoms with van der Waals surface area (Å²) in [6.45, 7) is 11.2. The average Bonchev–Trinajstić information content (AvgIpc) is 2.77. The molecule has 1 aliphatic rings. The van der Waals surface area contributed by atoms with E-state index in [0.29, 0.717) is 19.5 Å². The number of anilines is 1. The summed E-state index contributed by atoms with van der Waals surface area (Å²) in [5, 5.41) is 3.20. The van der Waals surface area contributed by atoms with Crippen LogP contribution in [-0.2, 0) is 11.3 Å². The molecular weight excluding hydrogens is 398 g/mol. The number of carbonyl (C=O) groups excluding carboxylic acids is 2. The molecule has 0 saturated carbocycles. The number of nitrogens with zero attached hydrogens (tertiary/aromatic N) is 2. The number of carbonyl (C=O) groups is 2. The minimum absolute atomic E-state index is 0.00497. The highest BCUT2D eigenvalue weighted by atomic mass is 16.2. The maximum atomic E-state index is 13.4. The summed E-state index contributed by atoms with van der Waals surface area (Å²) in [4.78, 5) is 29.9. The third-order valence-electron chi connectivity index (χ3n) is 5.91. The van der Waals surface area contributed by atoms with Gasteiger partial charge in [0.15, 0.2) is 0 Å². The monoisotopic (exact) mass is 435 g/mol. The van der Waals surface area contributed by atoms with E-state index in [0.717, 1.165) is 42.7 Å². The van der Waals surface area contributed by atoms with Gasteiger partial charge < -0.3 is 15.1 Å². The minimum atomic E-state index is -0.00497. The molecule has 32 heavy (non-hydrogen) atoms. The van der Waals surface area contributed by atoms with Gasteiger partial charge in [0.05, 0.1) is 5.56 Å². The Hall–Kier alpha value is -2.82. The first-order valence-corrected chi connectivity index (χ1v) is 11.7. The van der Waals surface area contributed by atoms with Crippen LogP contribution in [0.2, 0.25) is 0 Å². The van der Waals surface area contributed by atoms with Crippen LogP contribution in [0.1, 0.15) is 62.9 Å². The molecule has 1 N–H and O–H groups in total. The molecule has 0 aromatic heterocycles. The Morgan fingerprint density at radius 2 is 1.62 bits per heavy atom. The summed E-state index contributed by atoms with van der Waals surface area (Å²) in [6, 6.07) is 18.2. The van der Waals surface area contributed by atoms with E-state index in [-0.39, 0.29) is 23.3 Å². The van der Waals surface area contributed by atoms with Gasteiger partial charge in [-0.05, 0) is 42.9 Å². The van der Waals surface area contributed by atoms with Crippen LogP contribution in [0, 0.1) is 5.41 Å². The Morgan fingerprint density at radius 3 is 2.25 bits per heavy atom. The van der Waals surface area contributed by atoms with Crippen molar-refractivity contribution in [3.05, 3.63) is 65.7 Å². The van der Waals surface area contributed by atoms with Gasteiger partial charge in [-0.25, -0.2) is 0 Å². The van der Waals surface area contributed by atoms with E-state index in [9.17, 15) is 9.59 Å².